The van der Waals surface area contributed by atoms with Gasteiger partial charge in [-0.1, -0.05) is 52.0 Å². The molecule has 120 valence electrons. The molecule has 0 saturated carbocycles. The molecule has 0 aliphatic heterocycles. The lowest BCUT2D eigenvalue weighted by Gasteiger charge is -2.27. The van der Waals surface area contributed by atoms with Gasteiger partial charge in [-0.3, -0.25) is 0 Å². The number of rotatable bonds is 7. The summed E-state index contributed by atoms with van der Waals surface area (Å²) in [6.07, 6.45) is 0. The molecule has 2 N–H and O–H groups in total. The second-order valence-corrected chi connectivity index (χ2v) is 8.53. The van der Waals surface area contributed by atoms with Crippen LogP contribution in [0.5, 0.6) is 0 Å². The number of benzene rings is 1. The van der Waals surface area contributed by atoms with Gasteiger partial charge in [0.15, 0.2) is 0 Å². The van der Waals surface area contributed by atoms with Crippen LogP contribution in [0.1, 0.15) is 38.8 Å². The Morgan fingerprint density at radius 2 is 1.62 bits per heavy atom. The molecule has 0 spiro atoms. The quantitative estimate of drug-likeness (QED) is 0.813. The van der Waals surface area contributed by atoms with E-state index in [4.69, 9.17) is 0 Å². The molecule has 0 fully saturated rings. The Morgan fingerprint density at radius 1 is 1.10 bits per heavy atom. The average molecular weight is 312 g/mol. The van der Waals surface area contributed by atoms with Crippen molar-refractivity contribution in [3.05, 3.63) is 35.4 Å². The van der Waals surface area contributed by atoms with Crippen molar-refractivity contribution in [3.63, 3.8) is 0 Å². The van der Waals surface area contributed by atoms with E-state index in [1.165, 1.54) is 0 Å². The van der Waals surface area contributed by atoms with E-state index in [1.54, 1.807) is 0 Å². The van der Waals surface area contributed by atoms with Crippen molar-refractivity contribution in [2.45, 2.75) is 40.0 Å². The Bertz CT molecular complexity index is 530. The van der Waals surface area contributed by atoms with Crippen molar-refractivity contribution in [1.82, 2.24) is 10.0 Å². The van der Waals surface area contributed by atoms with Gasteiger partial charge in [-0.2, -0.15) is 0 Å². The van der Waals surface area contributed by atoms with Gasteiger partial charge < -0.3 is 5.32 Å². The van der Waals surface area contributed by atoms with E-state index in [-0.39, 0.29) is 17.1 Å². The van der Waals surface area contributed by atoms with Gasteiger partial charge in [-0.15, -0.1) is 0 Å². The molecule has 1 atom stereocenters. The van der Waals surface area contributed by atoms with Crippen molar-refractivity contribution in [1.29, 1.82) is 0 Å². The van der Waals surface area contributed by atoms with Gasteiger partial charge in [-0.05, 0) is 29.5 Å². The summed E-state index contributed by atoms with van der Waals surface area (Å²) in [6, 6.07) is 7.66. The van der Waals surface area contributed by atoms with E-state index in [2.05, 4.69) is 37.7 Å². The highest BCUT2D eigenvalue weighted by Gasteiger charge is 2.22. The van der Waals surface area contributed by atoms with Crippen LogP contribution in [-0.2, 0) is 22.3 Å². The molecule has 1 rings (SSSR count). The minimum absolute atomic E-state index is 0.0314. The molecule has 4 nitrogen and oxygen atoms in total. The fourth-order valence-electron chi connectivity index (χ4n) is 1.79. The lowest BCUT2D eigenvalue weighted by Crippen LogP contribution is -2.34. The molecule has 0 radical (unpaired) electrons. The fraction of sp³-hybridized carbons (Fsp3) is 0.625. The predicted octanol–water partition coefficient (Wildman–Crippen LogP) is 2.51. The highest BCUT2D eigenvalue weighted by molar-refractivity contribution is 7.88. The van der Waals surface area contributed by atoms with E-state index < -0.39 is 10.0 Å². The summed E-state index contributed by atoms with van der Waals surface area (Å²) in [6.45, 7) is 9.68. The summed E-state index contributed by atoms with van der Waals surface area (Å²) in [4.78, 5) is 0. The summed E-state index contributed by atoms with van der Waals surface area (Å²) < 4.78 is 27.0. The molecule has 0 amide bonds. The smallest absolute Gasteiger partial charge is 0.215 e. The Morgan fingerprint density at radius 3 is 2.10 bits per heavy atom. The standard InChI is InChI=1S/C16H28N2O2S/c1-13(16(2,3)4)10-18-21(19,20)12-15-8-6-14(7-9-15)11-17-5/h6-9,13,17-18H,10-12H2,1-5H3. The van der Waals surface area contributed by atoms with E-state index in [1.807, 2.05) is 31.3 Å². The van der Waals surface area contributed by atoms with E-state index in [0.717, 1.165) is 17.7 Å². The van der Waals surface area contributed by atoms with Crippen molar-refractivity contribution in [2.75, 3.05) is 13.6 Å². The van der Waals surface area contributed by atoms with Crippen LogP contribution < -0.4 is 10.0 Å². The maximum absolute atomic E-state index is 12.1. The van der Waals surface area contributed by atoms with E-state index in [9.17, 15) is 8.42 Å². The second-order valence-electron chi connectivity index (χ2n) is 6.72. The third-order valence-corrected chi connectivity index (χ3v) is 5.17. The first kappa shape index (κ1) is 18.1. The van der Waals surface area contributed by atoms with Crippen LogP contribution in [0.2, 0.25) is 0 Å². The van der Waals surface area contributed by atoms with Crippen LogP contribution in [0.25, 0.3) is 0 Å². The first-order valence-corrected chi connectivity index (χ1v) is 8.99. The maximum Gasteiger partial charge on any atom is 0.215 e. The summed E-state index contributed by atoms with van der Waals surface area (Å²) in [5.74, 6) is 0.314. The molecule has 0 heterocycles. The molecule has 1 aromatic rings. The van der Waals surface area contributed by atoms with Gasteiger partial charge in [-0.25, -0.2) is 13.1 Å². The van der Waals surface area contributed by atoms with Crippen molar-refractivity contribution in [3.8, 4) is 0 Å². The largest absolute Gasteiger partial charge is 0.316 e. The highest BCUT2D eigenvalue weighted by atomic mass is 32.2. The summed E-state index contributed by atoms with van der Waals surface area (Å²) >= 11 is 0. The molecular formula is C16H28N2O2S. The molecule has 0 bridgehead atoms. The first-order chi connectivity index (χ1) is 9.64. The second kappa shape index (κ2) is 7.38. The van der Waals surface area contributed by atoms with Gasteiger partial charge in [0.1, 0.15) is 0 Å². The molecule has 1 unspecified atom stereocenters. The summed E-state index contributed by atoms with van der Waals surface area (Å²) in [5.41, 5.74) is 2.05. The minimum Gasteiger partial charge on any atom is -0.316 e. The summed E-state index contributed by atoms with van der Waals surface area (Å²) in [7, 11) is -1.39. The Kier molecular flexibility index (Phi) is 6.38. The van der Waals surface area contributed by atoms with Gasteiger partial charge in [0.2, 0.25) is 10.0 Å². The summed E-state index contributed by atoms with van der Waals surface area (Å²) in [5, 5.41) is 3.07. The van der Waals surface area contributed by atoms with Crippen LogP contribution in [0, 0.1) is 11.3 Å². The van der Waals surface area contributed by atoms with Gasteiger partial charge in [0.05, 0.1) is 5.75 Å². The van der Waals surface area contributed by atoms with Crippen LogP contribution in [-0.4, -0.2) is 22.0 Å². The highest BCUT2D eigenvalue weighted by Crippen LogP contribution is 2.24. The molecular weight excluding hydrogens is 284 g/mol. The fourth-order valence-corrected chi connectivity index (χ4v) is 3.02. The van der Waals surface area contributed by atoms with E-state index in [0.29, 0.717) is 6.54 Å². The molecule has 1 aromatic carbocycles. The monoisotopic (exact) mass is 312 g/mol. The van der Waals surface area contributed by atoms with Crippen LogP contribution >= 0.6 is 0 Å². The van der Waals surface area contributed by atoms with Crippen molar-refractivity contribution in [2.24, 2.45) is 11.3 Å². The third-order valence-electron chi connectivity index (χ3n) is 3.85. The van der Waals surface area contributed by atoms with Crippen LogP contribution in [0.3, 0.4) is 0 Å². The molecule has 21 heavy (non-hydrogen) atoms. The SMILES string of the molecule is CNCc1ccc(CS(=O)(=O)NCC(C)C(C)(C)C)cc1. The number of hydrogen-bond donors (Lipinski definition) is 2. The normalized spacial score (nSPS) is 14.1. The van der Waals surface area contributed by atoms with Gasteiger partial charge >= 0.3 is 0 Å². The van der Waals surface area contributed by atoms with Crippen molar-refractivity contribution >= 4 is 10.0 Å². The molecule has 5 heteroatoms. The molecule has 0 aromatic heterocycles. The maximum atomic E-state index is 12.1. The minimum atomic E-state index is -3.28. The van der Waals surface area contributed by atoms with E-state index >= 15 is 0 Å². The number of sulfonamides is 1. The van der Waals surface area contributed by atoms with Crippen LogP contribution in [0.4, 0.5) is 0 Å². The topological polar surface area (TPSA) is 58.2 Å². The van der Waals surface area contributed by atoms with Gasteiger partial charge in [0, 0.05) is 13.1 Å². The molecule has 0 saturated heterocycles. The first-order valence-electron chi connectivity index (χ1n) is 7.34. The lowest BCUT2D eigenvalue weighted by molar-refractivity contribution is 0.263. The molecule has 0 aliphatic carbocycles. The van der Waals surface area contributed by atoms with Crippen molar-refractivity contribution < 1.29 is 8.42 Å². The number of nitrogens with one attached hydrogen (secondary N) is 2. The lowest BCUT2D eigenvalue weighted by atomic mass is 9.82. The average Bonchev–Trinajstić information content (AvgIpc) is 2.37. The van der Waals surface area contributed by atoms with Gasteiger partial charge in [0.25, 0.3) is 0 Å². The Labute approximate surface area is 129 Å². The molecule has 0 aliphatic rings. The zero-order valence-electron chi connectivity index (χ0n) is 13.7. The Hall–Kier alpha value is -0.910. The third kappa shape index (κ3) is 6.59. The zero-order valence-corrected chi connectivity index (χ0v) is 14.5. The predicted molar refractivity (Wildman–Crippen MR) is 88.5 cm³/mol. The Balaban J connectivity index is 2.60. The zero-order chi connectivity index (χ0) is 16.1. The number of hydrogen-bond acceptors (Lipinski definition) is 3. The van der Waals surface area contributed by atoms with Crippen LogP contribution in [0.15, 0.2) is 24.3 Å².